The lowest BCUT2D eigenvalue weighted by Crippen LogP contribution is -2.35. The van der Waals surface area contributed by atoms with Gasteiger partial charge in [-0.25, -0.2) is 4.98 Å². The Bertz CT molecular complexity index is 1000. The molecule has 1 fully saturated rings. The van der Waals surface area contributed by atoms with Gasteiger partial charge in [0.05, 0.1) is 0 Å². The van der Waals surface area contributed by atoms with E-state index in [9.17, 15) is 0 Å². The second kappa shape index (κ2) is 6.92. The average Bonchev–Trinajstić information content (AvgIpc) is 3.36. The van der Waals surface area contributed by atoms with Crippen LogP contribution in [0.2, 0.25) is 0 Å². The molecule has 27 heavy (non-hydrogen) atoms. The van der Waals surface area contributed by atoms with Gasteiger partial charge in [-0.15, -0.1) is 15.0 Å². The minimum absolute atomic E-state index is 0.372. The van der Waals surface area contributed by atoms with Crippen LogP contribution in [-0.4, -0.2) is 43.2 Å². The maximum atomic E-state index is 5.94. The molecule has 0 unspecified atom stereocenters. The molecule has 136 valence electrons. The Morgan fingerprint density at radius 3 is 2.56 bits per heavy atom. The van der Waals surface area contributed by atoms with Crippen molar-refractivity contribution in [1.29, 1.82) is 0 Å². The van der Waals surface area contributed by atoms with Crippen molar-refractivity contribution in [3.8, 4) is 11.4 Å². The normalized spacial score (nSPS) is 16.1. The highest BCUT2D eigenvalue weighted by Gasteiger charge is 2.25. The van der Waals surface area contributed by atoms with Gasteiger partial charge in [0.1, 0.15) is 12.2 Å². The number of oxazole rings is 1. The van der Waals surface area contributed by atoms with E-state index in [2.05, 4.69) is 25.3 Å². The number of piperidine rings is 1. The first-order valence-corrected chi connectivity index (χ1v) is 9.26. The van der Waals surface area contributed by atoms with Crippen LogP contribution in [0.15, 0.2) is 59.0 Å². The summed E-state index contributed by atoms with van der Waals surface area (Å²) in [7, 11) is 0. The topological polar surface area (TPSA) is 72.9 Å². The summed E-state index contributed by atoms with van der Waals surface area (Å²) in [6.07, 6.45) is 2.04. The van der Waals surface area contributed by atoms with Gasteiger partial charge in [0.25, 0.3) is 0 Å². The summed E-state index contributed by atoms with van der Waals surface area (Å²) in [6, 6.07) is 17.9. The second-order valence-corrected chi connectivity index (χ2v) is 6.90. The van der Waals surface area contributed by atoms with E-state index in [1.165, 1.54) is 0 Å². The Balaban J connectivity index is 1.21. The number of rotatable bonds is 4. The zero-order chi connectivity index (χ0) is 18.1. The molecule has 0 bridgehead atoms. The van der Waals surface area contributed by atoms with Crippen molar-refractivity contribution in [1.82, 2.24) is 30.1 Å². The van der Waals surface area contributed by atoms with E-state index in [1.54, 1.807) is 4.80 Å². The van der Waals surface area contributed by atoms with Gasteiger partial charge in [-0.05, 0) is 30.2 Å². The third-order valence-corrected chi connectivity index (χ3v) is 5.06. The fourth-order valence-corrected chi connectivity index (χ4v) is 3.57. The van der Waals surface area contributed by atoms with Gasteiger partial charge in [-0.3, -0.25) is 4.90 Å². The van der Waals surface area contributed by atoms with Crippen LogP contribution in [0.5, 0.6) is 0 Å². The van der Waals surface area contributed by atoms with Gasteiger partial charge in [-0.1, -0.05) is 42.5 Å². The predicted octanol–water partition coefficient (Wildman–Crippen LogP) is 3.32. The van der Waals surface area contributed by atoms with Crippen LogP contribution < -0.4 is 0 Å². The molecule has 2 aromatic carbocycles. The Labute approximate surface area is 156 Å². The second-order valence-electron chi connectivity index (χ2n) is 6.90. The third kappa shape index (κ3) is 3.33. The van der Waals surface area contributed by atoms with Gasteiger partial charge in [0, 0.05) is 24.6 Å². The number of fused-ring (bicyclic) bond motifs is 1. The van der Waals surface area contributed by atoms with Crippen LogP contribution in [0, 0.1) is 0 Å². The van der Waals surface area contributed by atoms with E-state index in [0.29, 0.717) is 18.4 Å². The Kier molecular flexibility index (Phi) is 4.14. The molecule has 0 radical (unpaired) electrons. The highest BCUT2D eigenvalue weighted by atomic mass is 16.3. The molecule has 0 aliphatic carbocycles. The molecule has 1 saturated heterocycles. The SMILES string of the molecule is c1ccc(-c2nnn(CN3CCC(c4nc5ccccc5o4)CC3)n2)cc1. The lowest BCUT2D eigenvalue weighted by atomic mass is 9.97. The molecule has 0 amide bonds. The molecule has 2 aromatic heterocycles. The fourth-order valence-electron chi connectivity index (χ4n) is 3.57. The van der Waals surface area contributed by atoms with Gasteiger partial charge in [0.2, 0.25) is 5.82 Å². The van der Waals surface area contributed by atoms with Crippen LogP contribution in [0.25, 0.3) is 22.5 Å². The smallest absolute Gasteiger partial charge is 0.204 e. The molecule has 0 saturated carbocycles. The summed E-state index contributed by atoms with van der Waals surface area (Å²) in [4.78, 5) is 8.67. The monoisotopic (exact) mass is 360 g/mol. The fraction of sp³-hybridized carbons (Fsp3) is 0.300. The molecular weight excluding hydrogens is 340 g/mol. The number of hydrogen-bond acceptors (Lipinski definition) is 6. The van der Waals surface area contributed by atoms with Crippen LogP contribution in [0.3, 0.4) is 0 Å². The van der Waals surface area contributed by atoms with E-state index < -0.39 is 0 Å². The molecule has 1 aliphatic rings. The summed E-state index contributed by atoms with van der Waals surface area (Å²) in [6.45, 7) is 2.58. The highest BCUT2D eigenvalue weighted by molar-refractivity contribution is 5.72. The number of likely N-dealkylation sites (tertiary alicyclic amines) is 1. The number of aromatic nitrogens is 5. The lowest BCUT2D eigenvalue weighted by molar-refractivity contribution is 0.144. The van der Waals surface area contributed by atoms with Gasteiger partial charge >= 0.3 is 0 Å². The summed E-state index contributed by atoms with van der Waals surface area (Å²) in [5, 5.41) is 12.9. The van der Waals surface area contributed by atoms with Crippen LogP contribution in [0.4, 0.5) is 0 Å². The molecule has 0 N–H and O–H groups in total. The summed E-state index contributed by atoms with van der Waals surface area (Å²) < 4.78 is 5.94. The molecule has 1 aliphatic heterocycles. The van der Waals surface area contributed by atoms with E-state index in [0.717, 1.165) is 48.5 Å². The minimum atomic E-state index is 0.372. The van der Waals surface area contributed by atoms with Crippen LogP contribution >= 0.6 is 0 Å². The zero-order valence-electron chi connectivity index (χ0n) is 14.9. The molecular formula is C20H20N6O. The number of nitrogens with zero attached hydrogens (tertiary/aromatic N) is 6. The molecule has 7 nitrogen and oxygen atoms in total. The van der Waals surface area contributed by atoms with Gasteiger partial charge in [-0.2, -0.15) is 0 Å². The van der Waals surface area contributed by atoms with E-state index in [-0.39, 0.29) is 0 Å². The van der Waals surface area contributed by atoms with Gasteiger partial charge < -0.3 is 4.42 Å². The minimum Gasteiger partial charge on any atom is -0.440 e. The Morgan fingerprint density at radius 1 is 0.963 bits per heavy atom. The molecule has 3 heterocycles. The maximum absolute atomic E-state index is 5.94. The number of benzene rings is 2. The molecule has 5 rings (SSSR count). The summed E-state index contributed by atoms with van der Waals surface area (Å²) in [5.41, 5.74) is 2.80. The number of para-hydroxylation sites is 2. The summed E-state index contributed by atoms with van der Waals surface area (Å²) in [5.74, 6) is 1.90. The van der Waals surface area contributed by atoms with Gasteiger partial charge in [0.15, 0.2) is 11.5 Å². The quantitative estimate of drug-likeness (QED) is 0.556. The van der Waals surface area contributed by atoms with Crippen molar-refractivity contribution in [2.45, 2.75) is 25.4 Å². The van der Waals surface area contributed by atoms with Crippen molar-refractivity contribution in [2.24, 2.45) is 0 Å². The lowest BCUT2D eigenvalue weighted by Gasteiger charge is -2.29. The van der Waals surface area contributed by atoms with Crippen molar-refractivity contribution in [3.63, 3.8) is 0 Å². The third-order valence-electron chi connectivity index (χ3n) is 5.06. The molecule has 0 spiro atoms. The Hall–Kier alpha value is -3.06. The van der Waals surface area contributed by atoms with E-state index in [4.69, 9.17) is 4.42 Å². The highest BCUT2D eigenvalue weighted by Crippen LogP contribution is 2.30. The maximum Gasteiger partial charge on any atom is 0.204 e. The van der Waals surface area contributed by atoms with Crippen molar-refractivity contribution >= 4 is 11.1 Å². The first-order valence-electron chi connectivity index (χ1n) is 9.26. The molecule has 0 atom stereocenters. The predicted molar refractivity (Wildman–Crippen MR) is 101 cm³/mol. The largest absolute Gasteiger partial charge is 0.440 e. The molecule has 7 heteroatoms. The van der Waals surface area contributed by atoms with Crippen molar-refractivity contribution < 1.29 is 4.42 Å². The summed E-state index contributed by atoms with van der Waals surface area (Å²) >= 11 is 0. The zero-order valence-corrected chi connectivity index (χ0v) is 14.9. The number of hydrogen-bond donors (Lipinski definition) is 0. The van der Waals surface area contributed by atoms with Crippen molar-refractivity contribution in [2.75, 3.05) is 13.1 Å². The average molecular weight is 360 g/mol. The first kappa shape index (κ1) is 16.1. The number of tetrazole rings is 1. The van der Waals surface area contributed by atoms with Crippen LogP contribution in [-0.2, 0) is 6.67 Å². The standard InChI is InChI=1S/C20H20N6O/c1-2-6-15(7-3-1)19-22-24-26(23-19)14-25-12-10-16(11-13-25)20-21-17-8-4-5-9-18(17)27-20/h1-9,16H,10-14H2. The van der Waals surface area contributed by atoms with E-state index in [1.807, 2.05) is 54.6 Å². The van der Waals surface area contributed by atoms with Crippen LogP contribution in [0.1, 0.15) is 24.7 Å². The molecule has 4 aromatic rings. The Morgan fingerprint density at radius 2 is 1.74 bits per heavy atom. The van der Waals surface area contributed by atoms with E-state index >= 15 is 0 Å². The van der Waals surface area contributed by atoms with Crippen molar-refractivity contribution in [3.05, 3.63) is 60.5 Å². The first-order chi connectivity index (χ1) is 13.3.